The standard InChI is InChI=1S/C14H12N4O3/c1-21-14(20)12-11(7-16-18-12)17-13(19)9-2-3-10-8(6-9)4-5-15-10/h2-7,15H,1H3,(H,16,18)(H,17,19). The highest BCUT2D eigenvalue weighted by molar-refractivity contribution is 6.08. The van der Waals surface area contributed by atoms with E-state index >= 15 is 0 Å². The van der Waals surface area contributed by atoms with E-state index in [1.54, 1.807) is 18.3 Å². The van der Waals surface area contributed by atoms with Crippen molar-refractivity contribution in [2.24, 2.45) is 0 Å². The van der Waals surface area contributed by atoms with E-state index in [1.165, 1.54) is 13.3 Å². The van der Waals surface area contributed by atoms with Crippen molar-refractivity contribution >= 4 is 28.5 Å². The van der Waals surface area contributed by atoms with Gasteiger partial charge in [-0.3, -0.25) is 9.89 Å². The van der Waals surface area contributed by atoms with Crippen molar-refractivity contribution in [2.75, 3.05) is 12.4 Å². The number of rotatable bonds is 3. The van der Waals surface area contributed by atoms with Crippen LogP contribution in [-0.4, -0.2) is 34.2 Å². The van der Waals surface area contributed by atoms with Gasteiger partial charge in [0.25, 0.3) is 5.91 Å². The van der Waals surface area contributed by atoms with Crippen molar-refractivity contribution in [3.8, 4) is 0 Å². The van der Waals surface area contributed by atoms with Gasteiger partial charge >= 0.3 is 5.97 Å². The molecule has 1 aromatic carbocycles. The summed E-state index contributed by atoms with van der Waals surface area (Å²) in [6.45, 7) is 0. The Labute approximate surface area is 119 Å². The molecule has 2 aromatic heterocycles. The molecule has 0 radical (unpaired) electrons. The highest BCUT2D eigenvalue weighted by atomic mass is 16.5. The average Bonchev–Trinajstić information content (AvgIpc) is 3.14. The van der Waals surface area contributed by atoms with E-state index in [0.717, 1.165) is 10.9 Å². The van der Waals surface area contributed by atoms with Gasteiger partial charge in [-0.05, 0) is 24.3 Å². The first-order valence-corrected chi connectivity index (χ1v) is 6.19. The minimum Gasteiger partial charge on any atom is -0.464 e. The molecule has 0 fully saturated rings. The van der Waals surface area contributed by atoms with Crippen molar-refractivity contribution in [1.29, 1.82) is 0 Å². The van der Waals surface area contributed by atoms with Crippen LogP contribution in [0.4, 0.5) is 5.69 Å². The molecule has 106 valence electrons. The monoisotopic (exact) mass is 284 g/mol. The van der Waals surface area contributed by atoms with Gasteiger partial charge in [0.2, 0.25) is 0 Å². The number of methoxy groups -OCH3 is 1. The lowest BCUT2D eigenvalue weighted by molar-refractivity contribution is 0.0595. The number of aromatic amines is 2. The molecule has 21 heavy (non-hydrogen) atoms. The molecule has 7 heteroatoms. The number of aromatic nitrogens is 3. The zero-order valence-electron chi connectivity index (χ0n) is 11.1. The zero-order valence-corrected chi connectivity index (χ0v) is 11.1. The van der Waals surface area contributed by atoms with E-state index in [0.29, 0.717) is 5.56 Å². The third kappa shape index (κ3) is 2.36. The topological polar surface area (TPSA) is 99.9 Å². The summed E-state index contributed by atoms with van der Waals surface area (Å²) in [7, 11) is 1.26. The fraction of sp³-hybridized carbons (Fsp3) is 0.0714. The summed E-state index contributed by atoms with van der Waals surface area (Å²) in [6.07, 6.45) is 3.16. The lowest BCUT2D eigenvalue weighted by atomic mass is 10.1. The van der Waals surface area contributed by atoms with Gasteiger partial charge < -0.3 is 15.0 Å². The maximum absolute atomic E-state index is 12.2. The summed E-state index contributed by atoms with van der Waals surface area (Å²) in [4.78, 5) is 26.8. The molecule has 7 nitrogen and oxygen atoms in total. The lowest BCUT2D eigenvalue weighted by Gasteiger charge is -2.05. The van der Waals surface area contributed by atoms with Crippen LogP contribution < -0.4 is 5.32 Å². The van der Waals surface area contributed by atoms with Crippen LogP contribution in [0.2, 0.25) is 0 Å². The minimum absolute atomic E-state index is 0.105. The number of benzene rings is 1. The highest BCUT2D eigenvalue weighted by Gasteiger charge is 2.17. The van der Waals surface area contributed by atoms with E-state index in [9.17, 15) is 9.59 Å². The quantitative estimate of drug-likeness (QED) is 0.640. The molecule has 0 spiro atoms. The molecule has 0 aliphatic carbocycles. The Hall–Kier alpha value is -3.09. The first-order chi connectivity index (χ1) is 10.2. The van der Waals surface area contributed by atoms with Crippen molar-refractivity contribution in [2.45, 2.75) is 0 Å². The third-order valence-electron chi connectivity index (χ3n) is 3.09. The number of anilines is 1. The van der Waals surface area contributed by atoms with Gasteiger partial charge in [0.1, 0.15) is 0 Å². The van der Waals surface area contributed by atoms with E-state index in [2.05, 4.69) is 25.2 Å². The molecule has 0 aliphatic rings. The summed E-state index contributed by atoms with van der Waals surface area (Å²) in [5.41, 5.74) is 1.82. The summed E-state index contributed by atoms with van der Waals surface area (Å²) >= 11 is 0. The van der Waals surface area contributed by atoms with E-state index in [-0.39, 0.29) is 17.3 Å². The minimum atomic E-state index is -0.594. The number of amides is 1. The van der Waals surface area contributed by atoms with E-state index in [1.807, 2.05) is 12.1 Å². The Bertz CT molecular complexity index is 818. The smallest absolute Gasteiger partial charge is 0.358 e. The van der Waals surface area contributed by atoms with E-state index < -0.39 is 5.97 Å². The van der Waals surface area contributed by atoms with Crippen LogP contribution in [0.15, 0.2) is 36.7 Å². The predicted molar refractivity (Wildman–Crippen MR) is 76.2 cm³/mol. The second-order valence-corrected chi connectivity index (χ2v) is 4.38. The number of nitrogens with zero attached hydrogens (tertiary/aromatic N) is 1. The molecule has 0 saturated heterocycles. The van der Waals surface area contributed by atoms with Crippen LogP contribution >= 0.6 is 0 Å². The molecular formula is C14H12N4O3. The molecule has 3 aromatic rings. The fourth-order valence-electron chi connectivity index (χ4n) is 2.03. The van der Waals surface area contributed by atoms with Gasteiger partial charge in [-0.2, -0.15) is 5.10 Å². The van der Waals surface area contributed by atoms with Gasteiger partial charge in [0.05, 0.1) is 19.0 Å². The number of ether oxygens (including phenoxy) is 1. The van der Waals surface area contributed by atoms with Crippen molar-refractivity contribution in [1.82, 2.24) is 15.2 Å². The molecule has 0 saturated carbocycles. The Morgan fingerprint density at radius 2 is 2.14 bits per heavy atom. The Morgan fingerprint density at radius 1 is 1.29 bits per heavy atom. The molecule has 0 unspecified atom stereocenters. The molecule has 3 rings (SSSR count). The maximum atomic E-state index is 12.2. The van der Waals surface area contributed by atoms with Gasteiger partial charge in [0.15, 0.2) is 5.69 Å². The number of fused-ring (bicyclic) bond motifs is 1. The van der Waals surface area contributed by atoms with Gasteiger partial charge in [-0.1, -0.05) is 0 Å². The number of hydrogen-bond donors (Lipinski definition) is 3. The van der Waals surface area contributed by atoms with Crippen LogP contribution in [-0.2, 0) is 4.74 Å². The van der Waals surface area contributed by atoms with Crippen LogP contribution in [0.5, 0.6) is 0 Å². The Balaban J connectivity index is 1.86. The largest absolute Gasteiger partial charge is 0.464 e. The molecule has 0 aliphatic heterocycles. The molecule has 0 atom stereocenters. The number of esters is 1. The van der Waals surface area contributed by atoms with E-state index in [4.69, 9.17) is 0 Å². The van der Waals surface area contributed by atoms with Crippen LogP contribution in [0, 0.1) is 0 Å². The molecular weight excluding hydrogens is 272 g/mol. The number of carbonyl (C=O) groups excluding carboxylic acids is 2. The first kappa shape index (κ1) is 12.9. The van der Waals surface area contributed by atoms with Crippen molar-refractivity contribution < 1.29 is 14.3 Å². The molecule has 3 N–H and O–H groups in total. The van der Waals surface area contributed by atoms with Crippen molar-refractivity contribution in [3.05, 3.63) is 47.9 Å². The fourth-order valence-corrected chi connectivity index (χ4v) is 2.03. The summed E-state index contributed by atoms with van der Waals surface area (Å²) in [6, 6.07) is 7.16. The predicted octanol–water partition coefficient (Wildman–Crippen LogP) is 1.93. The molecule has 1 amide bonds. The van der Waals surface area contributed by atoms with Gasteiger partial charge in [-0.25, -0.2) is 4.79 Å². The van der Waals surface area contributed by atoms with Gasteiger partial charge in [-0.15, -0.1) is 0 Å². The number of hydrogen-bond acceptors (Lipinski definition) is 4. The SMILES string of the molecule is COC(=O)c1[nH]ncc1NC(=O)c1ccc2[nH]ccc2c1. The second kappa shape index (κ2) is 5.12. The lowest BCUT2D eigenvalue weighted by Crippen LogP contribution is -2.14. The molecule has 2 heterocycles. The maximum Gasteiger partial charge on any atom is 0.358 e. The zero-order chi connectivity index (χ0) is 14.8. The number of nitrogens with one attached hydrogen (secondary N) is 3. The Morgan fingerprint density at radius 3 is 2.95 bits per heavy atom. The van der Waals surface area contributed by atoms with Crippen molar-refractivity contribution in [3.63, 3.8) is 0 Å². The van der Waals surface area contributed by atoms with Crippen LogP contribution in [0.1, 0.15) is 20.8 Å². The third-order valence-corrected chi connectivity index (χ3v) is 3.09. The number of H-pyrrole nitrogens is 2. The summed E-state index contributed by atoms with van der Waals surface area (Å²) in [5, 5.41) is 9.80. The highest BCUT2D eigenvalue weighted by Crippen LogP contribution is 2.17. The average molecular weight is 284 g/mol. The first-order valence-electron chi connectivity index (χ1n) is 6.19. The normalized spacial score (nSPS) is 10.5. The van der Waals surface area contributed by atoms with Gasteiger partial charge in [0, 0.05) is 22.7 Å². The summed E-state index contributed by atoms with van der Waals surface area (Å²) < 4.78 is 4.60. The Kier molecular flexibility index (Phi) is 3.15. The van der Waals surface area contributed by atoms with Crippen LogP contribution in [0.25, 0.3) is 10.9 Å². The second-order valence-electron chi connectivity index (χ2n) is 4.38. The van der Waals surface area contributed by atoms with Crippen LogP contribution in [0.3, 0.4) is 0 Å². The molecule has 0 bridgehead atoms. The number of carbonyl (C=O) groups is 2. The summed E-state index contributed by atoms with van der Waals surface area (Å²) in [5.74, 6) is -0.923.